The number of hydrogen-bond donors (Lipinski definition) is 2. The molecule has 0 bridgehead atoms. The minimum atomic E-state index is -1.06. The molecule has 1 rings (SSSR count). The third-order valence-electron chi connectivity index (χ3n) is 3.66. The van der Waals surface area contributed by atoms with Crippen molar-refractivity contribution < 1.29 is 24.2 Å². The van der Waals surface area contributed by atoms with Gasteiger partial charge in [-0.2, -0.15) is 6.41 Å². The van der Waals surface area contributed by atoms with Gasteiger partial charge >= 0.3 is 12.1 Å². The normalized spacial score (nSPS) is 10.3. The van der Waals surface area contributed by atoms with E-state index in [2.05, 4.69) is 11.9 Å². The predicted molar refractivity (Wildman–Crippen MR) is 109 cm³/mol. The van der Waals surface area contributed by atoms with Gasteiger partial charge in [-0.3, -0.25) is 4.79 Å². The first kappa shape index (κ1) is 27.4. The second-order valence-electron chi connectivity index (χ2n) is 6.18. The number of carbonyl (C=O) groups is 2. The van der Waals surface area contributed by atoms with Crippen LogP contribution in [0.3, 0.4) is 0 Å². The molecule has 2 amide bonds. The Hall–Kier alpha value is -3.83. The molecule has 7 nitrogen and oxygen atoms in total. The van der Waals surface area contributed by atoms with Crippen molar-refractivity contribution in [2.45, 2.75) is 46.1 Å². The van der Waals surface area contributed by atoms with E-state index < -0.39 is 12.0 Å². The number of nitrogens with one attached hydrogen (secondary N) is 1. The van der Waals surface area contributed by atoms with E-state index in [1.54, 1.807) is 11.0 Å². The van der Waals surface area contributed by atoms with Gasteiger partial charge in [-0.1, -0.05) is 56.3 Å². The first-order valence-electron chi connectivity index (χ1n) is 9.33. The number of ether oxygens (including phenoxy) is 1. The largest absolute Gasteiger partial charge is 0.520 e. The van der Waals surface area contributed by atoms with Gasteiger partial charge in [-0.15, -0.1) is 0 Å². The molecule has 0 aliphatic carbocycles. The zero-order valence-electron chi connectivity index (χ0n) is 17.2. The Labute approximate surface area is 167 Å². The van der Waals surface area contributed by atoms with Crippen molar-refractivity contribution in [3.05, 3.63) is 48.0 Å². The van der Waals surface area contributed by atoms with Crippen LogP contribution in [0.1, 0.15) is 37.8 Å². The average molecular weight is 648 g/mol. The van der Waals surface area contributed by atoms with Crippen LogP contribution in [0.5, 0.6) is 0 Å². The van der Waals surface area contributed by atoms with E-state index in [4.69, 9.17) is 9.84 Å². The molecule has 0 saturated carbocycles. The second kappa shape index (κ2) is 16.4. The molecule has 0 fully saturated rings. The Morgan fingerprint density at radius 3 is 2.21 bits per heavy atom. The summed E-state index contributed by atoms with van der Waals surface area (Å²) in [5.41, 5.74) is 1.98. The molecule has 29 heavy (non-hydrogen) atoms. The average Bonchev–Trinajstić information content (AvgIpc) is 2.67. The molecular weight excluding hydrogens is 617 g/mol. The van der Waals surface area contributed by atoms with Crippen molar-refractivity contribution in [3.63, 3.8) is 0 Å². The number of carbonyl (C=O) groups excluding carboxylic acids is 2. The summed E-state index contributed by atoms with van der Waals surface area (Å²) in [6.07, 6.45) is 4.94. The molecule has 8 heteroatoms. The van der Waals surface area contributed by atoms with Crippen molar-refractivity contribution in [1.82, 2.24) is 10.2 Å². The third kappa shape index (κ3) is 12.2. The zero-order chi connectivity index (χ0) is 21.4. The van der Waals surface area contributed by atoms with Crippen LogP contribution in [0.25, 0.3) is 0 Å². The Bertz CT molecular complexity index is 602. The van der Waals surface area contributed by atoms with Crippen LogP contribution in [0.4, 0.5) is 4.79 Å². The maximum atomic E-state index is 11.3. The van der Waals surface area contributed by atoms with E-state index in [1.807, 2.05) is 45.0 Å². The quantitative estimate of drug-likeness (QED) is 0.219. The molecule has 0 aliphatic heterocycles. The number of amides is 2. The smallest absolute Gasteiger partial charge is 0.410 e. The molecule has 0 aromatic heterocycles. The Balaban J connectivity index is 0. The van der Waals surface area contributed by atoms with E-state index in [-0.39, 0.29) is 12.5 Å². The van der Waals surface area contributed by atoms with Gasteiger partial charge in [0.25, 0.3) is 0 Å². The third-order valence-corrected chi connectivity index (χ3v) is 3.66. The molecule has 0 spiro atoms. The topological polar surface area (TPSA) is 95.9 Å². The number of aliphatic carboxylic acids is 1. The fourth-order valence-electron chi connectivity index (χ4n) is 2.29. The number of hydrogen-bond acceptors (Lipinski definition) is 4. The molecular formula is C21H31FmN2O5-. The van der Waals surface area contributed by atoms with Crippen molar-refractivity contribution in [1.29, 1.82) is 0 Å². The molecule has 1 atom stereocenters. The summed E-state index contributed by atoms with van der Waals surface area (Å²) >= 11 is 0. The fourth-order valence-corrected chi connectivity index (χ4v) is 2.29. The van der Waals surface area contributed by atoms with Crippen LogP contribution < -0.4 is 5.32 Å². The van der Waals surface area contributed by atoms with Gasteiger partial charge in [0.2, 0.25) is 0 Å². The fraction of sp³-hybridized carbons (Fsp3) is 0.476. The van der Waals surface area contributed by atoms with E-state index in [1.165, 1.54) is 6.41 Å². The number of rotatable bonds is 11. The van der Waals surface area contributed by atoms with Gasteiger partial charge in [-0.25, -0.2) is 4.79 Å². The minimum absolute atomic E-state index is 0. The summed E-state index contributed by atoms with van der Waals surface area (Å²) in [5.74, 6) is -1.06. The van der Waals surface area contributed by atoms with E-state index in [9.17, 15) is 14.4 Å². The number of carboxylic acid groups (broad SMARTS) is 1. The van der Waals surface area contributed by atoms with Gasteiger partial charge in [-0.05, 0) is 25.3 Å². The molecule has 168 valence electrons. The summed E-state index contributed by atoms with van der Waals surface area (Å²) in [6, 6.07) is 6.58. The van der Waals surface area contributed by atoms with Crippen LogP contribution in [0.2, 0.25) is 0 Å². The van der Waals surface area contributed by atoms with Crippen LogP contribution >= 0.6 is 0 Å². The zero-order valence-corrected chi connectivity index (χ0v) is 19.6. The monoisotopic (exact) mass is 648 g/mol. The van der Waals surface area contributed by atoms with E-state index in [0.29, 0.717) is 6.61 Å². The molecule has 0 unspecified atom stereocenters. The number of aryl methyl sites for hydroxylation is 1. The molecule has 1 aromatic carbocycles. The number of benzene rings is 1. The summed E-state index contributed by atoms with van der Waals surface area (Å²) in [6.45, 7) is 11.4. The summed E-state index contributed by atoms with van der Waals surface area (Å²) in [5, 5.41) is 10.9. The molecule has 0 aliphatic rings. The predicted octanol–water partition coefficient (Wildman–Crippen LogP) is 3.08. The SMILES string of the molecule is C=CCOC(=O)N(CCC)CCC.Cc1ccc(C[C@H](N[C-]=O)C(=O)O)cc1.[Fm]. The molecule has 0 saturated heterocycles. The van der Waals surface area contributed by atoms with Gasteiger partial charge in [0, 0.05) is 19.5 Å². The first-order chi connectivity index (χ1) is 13.4. The summed E-state index contributed by atoms with van der Waals surface area (Å²) in [7, 11) is 0. The molecule has 0 radical (unpaired) electrons. The molecule has 1 aromatic rings. The Morgan fingerprint density at radius 2 is 1.79 bits per heavy atom. The summed E-state index contributed by atoms with van der Waals surface area (Å²) in [4.78, 5) is 33.8. The van der Waals surface area contributed by atoms with Crippen LogP contribution in [0.15, 0.2) is 36.9 Å². The minimum Gasteiger partial charge on any atom is -0.520 e. The van der Waals surface area contributed by atoms with Crippen molar-refractivity contribution in [2.24, 2.45) is 0 Å². The number of carboxylic acids is 1. The van der Waals surface area contributed by atoms with Gasteiger partial charge in [0.15, 0.2) is 0 Å². The number of nitrogens with zero attached hydrogens (tertiary/aromatic N) is 1. The van der Waals surface area contributed by atoms with Crippen molar-refractivity contribution in [2.75, 3.05) is 19.7 Å². The van der Waals surface area contributed by atoms with Crippen LogP contribution in [-0.4, -0.2) is 54.2 Å². The van der Waals surface area contributed by atoms with E-state index >= 15 is 0 Å². The van der Waals surface area contributed by atoms with Gasteiger partial charge in [0.05, 0.1) is 0 Å². The second-order valence-corrected chi connectivity index (χ2v) is 6.18. The Kier molecular flexibility index (Phi) is 15.4. The van der Waals surface area contributed by atoms with Crippen LogP contribution in [-0.2, 0) is 20.7 Å². The van der Waals surface area contributed by atoms with E-state index in [0.717, 1.165) is 37.1 Å². The maximum absolute atomic E-state index is 11.3. The first-order valence-corrected chi connectivity index (χ1v) is 9.33. The van der Waals surface area contributed by atoms with Crippen molar-refractivity contribution in [3.8, 4) is 0 Å². The van der Waals surface area contributed by atoms with Gasteiger partial charge < -0.3 is 24.9 Å². The molecule has 0 heterocycles. The summed E-state index contributed by atoms with van der Waals surface area (Å²) < 4.78 is 4.93. The standard InChI is InChI=1S/C11H12NO3.C10H19NO2.Fm/c1-8-2-4-9(5-3-8)6-10(11(14)15)12-7-13;1-4-7-11(8-5-2)10(12)13-9-6-3;/h2-5,10H,6H2,1H3,(H,12,13)(H,14,15);6H,3-5,7-9H2,1-2H3;/q-1;;/t10-;;/m0../s1. The van der Waals surface area contributed by atoms with Gasteiger partial charge in [0.1, 0.15) is 12.6 Å². The maximum Gasteiger partial charge on any atom is 0.410 e. The van der Waals surface area contributed by atoms with Crippen molar-refractivity contribution >= 4 is 18.5 Å². The van der Waals surface area contributed by atoms with Crippen LogP contribution in [0, 0.1) is 6.92 Å². The Morgan fingerprint density at radius 1 is 1.24 bits per heavy atom. The molecule has 2 N–H and O–H groups in total.